The smallest absolute Gasteiger partial charge is 0.193 e. The molecule has 2 N–H and O–H groups in total. The minimum atomic E-state index is -0.539. The molecule has 5 nitrogen and oxygen atoms in total. The third-order valence-corrected chi connectivity index (χ3v) is 4.72. The maximum Gasteiger partial charge on any atom is 0.193 e. The van der Waals surface area contributed by atoms with E-state index in [1.807, 2.05) is 0 Å². The fourth-order valence-corrected chi connectivity index (χ4v) is 2.95. The van der Waals surface area contributed by atoms with Gasteiger partial charge in [0.05, 0.1) is 12.1 Å². The Balaban J connectivity index is 1.79. The van der Waals surface area contributed by atoms with Crippen molar-refractivity contribution >= 4 is 5.96 Å². The van der Waals surface area contributed by atoms with E-state index in [2.05, 4.69) is 29.2 Å². The van der Waals surface area contributed by atoms with Gasteiger partial charge in [0.2, 0.25) is 0 Å². The van der Waals surface area contributed by atoms with Crippen LogP contribution >= 0.6 is 0 Å². The van der Waals surface area contributed by atoms with E-state index in [0.29, 0.717) is 6.54 Å². The molecule has 0 radical (unpaired) electrons. The van der Waals surface area contributed by atoms with E-state index in [-0.39, 0.29) is 0 Å². The Hall–Kier alpha value is -0.810. The topological polar surface area (TPSA) is 57.1 Å². The molecule has 0 spiro atoms. The lowest BCUT2D eigenvalue weighted by Crippen LogP contribution is -2.44. The summed E-state index contributed by atoms with van der Waals surface area (Å²) in [5.74, 6) is 1.70. The summed E-state index contributed by atoms with van der Waals surface area (Å²) in [5, 5.41) is 13.5. The summed E-state index contributed by atoms with van der Waals surface area (Å²) in [6.07, 6.45) is 6.46. The molecule has 1 saturated heterocycles. The van der Waals surface area contributed by atoms with Crippen molar-refractivity contribution < 1.29 is 9.84 Å². The molecule has 2 fully saturated rings. The van der Waals surface area contributed by atoms with Gasteiger partial charge in [-0.2, -0.15) is 0 Å². The predicted octanol–water partition coefficient (Wildman–Crippen LogP) is 1.62. The molecule has 0 amide bonds. The van der Waals surface area contributed by atoms with E-state index >= 15 is 0 Å². The Labute approximate surface area is 128 Å². The van der Waals surface area contributed by atoms with Crippen LogP contribution in [0.1, 0.15) is 45.4 Å². The van der Waals surface area contributed by atoms with Crippen molar-refractivity contribution in [2.24, 2.45) is 10.9 Å². The first kappa shape index (κ1) is 16.6. The monoisotopic (exact) mass is 297 g/mol. The Kier molecular flexibility index (Phi) is 6.30. The lowest BCUT2D eigenvalue weighted by Gasteiger charge is -2.35. The maximum atomic E-state index is 10.2. The molecule has 0 aromatic heterocycles. The van der Waals surface area contributed by atoms with Crippen LogP contribution in [0.25, 0.3) is 0 Å². The molecule has 1 aliphatic carbocycles. The third-order valence-electron chi connectivity index (χ3n) is 4.72. The summed E-state index contributed by atoms with van der Waals surface area (Å²) >= 11 is 0. The molecule has 1 saturated carbocycles. The fourth-order valence-electron chi connectivity index (χ4n) is 2.95. The maximum absolute atomic E-state index is 10.2. The molecule has 1 heterocycles. The van der Waals surface area contributed by atoms with Gasteiger partial charge in [0.1, 0.15) is 0 Å². The molecular formula is C16H31N3O2. The van der Waals surface area contributed by atoms with Crippen molar-refractivity contribution in [3.05, 3.63) is 0 Å². The zero-order valence-corrected chi connectivity index (χ0v) is 13.6. The number of hydrogen-bond acceptors (Lipinski definition) is 3. The first-order chi connectivity index (χ1) is 10.1. The second kappa shape index (κ2) is 7.99. The van der Waals surface area contributed by atoms with E-state index in [1.165, 1.54) is 19.3 Å². The molecule has 0 aromatic rings. The van der Waals surface area contributed by atoms with Crippen LogP contribution in [0.15, 0.2) is 4.99 Å². The van der Waals surface area contributed by atoms with Crippen molar-refractivity contribution in [2.45, 2.75) is 51.0 Å². The molecule has 0 aromatic carbocycles. The number of guanidine groups is 1. The first-order valence-electron chi connectivity index (χ1n) is 8.42. The van der Waals surface area contributed by atoms with Gasteiger partial charge in [0.15, 0.2) is 5.96 Å². The summed E-state index contributed by atoms with van der Waals surface area (Å²) in [6, 6.07) is 0. The number of aliphatic imine (C=N–C) groups is 1. The zero-order chi connectivity index (χ0) is 15.1. The number of aliphatic hydroxyl groups is 1. The molecule has 2 rings (SSSR count). The quantitative estimate of drug-likeness (QED) is 0.578. The highest BCUT2D eigenvalue weighted by atomic mass is 16.5. The van der Waals surface area contributed by atoms with Crippen molar-refractivity contribution in [3.63, 3.8) is 0 Å². The predicted molar refractivity (Wildman–Crippen MR) is 85.6 cm³/mol. The normalized spacial score (nSPS) is 22.7. The van der Waals surface area contributed by atoms with Crippen molar-refractivity contribution in [2.75, 3.05) is 39.9 Å². The summed E-state index contributed by atoms with van der Waals surface area (Å²) in [7, 11) is 2.09. The van der Waals surface area contributed by atoms with E-state index < -0.39 is 5.60 Å². The Morgan fingerprint density at radius 3 is 2.67 bits per heavy atom. The second-order valence-electron chi connectivity index (χ2n) is 6.51. The van der Waals surface area contributed by atoms with Crippen LogP contribution in [0.2, 0.25) is 0 Å². The van der Waals surface area contributed by atoms with Crippen molar-refractivity contribution in [3.8, 4) is 0 Å². The van der Waals surface area contributed by atoms with Gasteiger partial charge < -0.3 is 20.1 Å². The molecule has 21 heavy (non-hydrogen) atoms. The van der Waals surface area contributed by atoms with Crippen LogP contribution in [0, 0.1) is 5.92 Å². The summed E-state index contributed by atoms with van der Waals surface area (Å²) in [4.78, 5) is 6.82. The average Bonchev–Trinajstić information content (AvgIpc) is 2.48. The van der Waals surface area contributed by atoms with Crippen LogP contribution in [0.4, 0.5) is 0 Å². The molecule has 1 aliphatic heterocycles. The van der Waals surface area contributed by atoms with Crippen LogP contribution in [-0.4, -0.2) is 61.5 Å². The molecule has 122 valence electrons. The van der Waals surface area contributed by atoms with Crippen LogP contribution < -0.4 is 5.32 Å². The van der Waals surface area contributed by atoms with Crippen LogP contribution in [0.5, 0.6) is 0 Å². The van der Waals surface area contributed by atoms with E-state index in [9.17, 15) is 5.11 Å². The van der Waals surface area contributed by atoms with Gasteiger partial charge in [-0.05, 0) is 51.4 Å². The SMILES string of the molecule is CCNC(=NCC1(O)CCC1)N(C)CCC1CCOCC1. The minimum absolute atomic E-state index is 0.525. The van der Waals surface area contributed by atoms with Gasteiger partial charge in [0.25, 0.3) is 0 Å². The Bertz CT molecular complexity index is 336. The number of ether oxygens (including phenoxy) is 1. The highest BCUT2D eigenvalue weighted by Crippen LogP contribution is 2.31. The zero-order valence-electron chi connectivity index (χ0n) is 13.6. The highest BCUT2D eigenvalue weighted by Gasteiger charge is 2.34. The van der Waals surface area contributed by atoms with E-state index in [4.69, 9.17) is 4.74 Å². The number of rotatable bonds is 6. The second-order valence-corrected chi connectivity index (χ2v) is 6.51. The number of nitrogens with zero attached hydrogens (tertiary/aromatic N) is 2. The lowest BCUT2D eigenvalue weighted by atomic mass is 9.80. The van der Waals surface area contributed by atoms with Crippen LogP contribution in [-0.2, 0) is 4.74 Å². The van der Waals surface area contributed by atoms with E-state index in [1.54, 1.807) is 0 Å². The largest absolute Gasteiger partial charge is 0.388 e. The van der Waals surface area contributed by atoms with Gasteiger partial charge in [-0.25, -0.2) is 0 Å². The highest BCUT2D eigenvalue weighted by molar-refractivity contribution is 5.79. The van der Waals surface area contributed by atoms with Crippen molar-refractivity contribution in [1.29, 1.82) is 0 Å². The number of hydrogen-bond donors (Lipinski definition) is 2. The van der Waals surface area contributed by atoms with Gasteiger partial charge in [0, 0.05) is 33.4 Å². The Morgan fingerprint density at radius 2 is 2.10 bits per heavy atom. The summed E-state index contributed by atoms with van der Waals surface area (Å²) in [6.45, 7) is 6.30. The minimum Gasteiger partial charge on any atom is -0.388 e. The molecule has 5 heteroatoms. The van der Waals surface area contributed by atoms with Crippen LogP contribution in [0.3, 0.4) is 0 Å². The van der Waals surface area contributed by atoms with Gasteiger partial charge in [-0.15, -0.1) is 0 Å². The fraction of sp³-hybridized carbons (Fsp3) is 0.938. The standard InChI is InChI=1S/C16H31N3O2/c1-3-17-15(18-13-16(20)8-4-9-16)19(2)10-5-14-6-11-21-12-7-14/h14,20H,3-13H2,1-2H3,(H,17,18). The first-order valence-corrected chi connectivity index (χ1v) is 8.42. The molecule has 0 atom stereocenters. The van der Waals surface area contributed by atoms with Crippen molar-refractivity contribution in [1.82, 2.24) is 10.2 Å². The molecular weight excluding hydrogens is 266 g/mol. The molecule has 0 unspecified atom stereocenters. The average molecular weight is 297 g/mol. The van der Waals surface area contributed by atoms with E-state index in [0.717, 1.165) is 57.4 Å². The summed E-state index contributed by atoms with van der Waals surface area (Å²) in [5.41, 5.74) is -0.539. The molecule has 2 aliphatic rings. The van der Waals surface area contributed by atoms with Gasteiger partial charge in [-0.3, -0.25) is 4.99 Å². The summed E-state index contributed by atoms with van der Waals surface area (Å²) < 4.78 is 5.41. The third kappa shape index (κ3) is 5.15. The molecule has 0 bridgehead atoms. The van der Waals surface area contributed by atoms with Gasteiger partial charge in [-0.1, -0.05) is 0 Å². The Morgan fingerprint density at radius 1 is 1.38 bits per heavy atom. The van der Waals surface area contributed by atoms with Gasteiger partial charge >= 0.3 is 0 Å². The number of nitrogens with one attached hydrogen (secondary N) is 1. The lowest BCUT2D eigenvalue weighted by molar-refractivity contribution is -0.0237.